The molecule has 1 aromatic rings. The largest absolute Gasteiger partial charge is 0.478 e. The van der Waals surface area contributed by atoms with Crippen LogP contribution in [0, 0.1) is 12.8 Å². The maximum Gasteiger partial charge on any atom is 0.339 e. The Balaban J connectivity index is 1.98. The number of nitrogens with one attached hydrogen (secondary N) is 1. The first-order valence-electron chi connectivity index (χ1n) is 6.87. The number of piperidine rings is 1. The fourth-order valence-electron chi connectivity index (χ4n) is 2.32. The second kappa shape index (κ2) is 6.17. The summed E-state index contributed by atoms with van der Waals surface area (Å²) in [5.41, 5.74) is 0.0518. The van der Waals surface area contributed by atoms with Crippen molar-refractivity contribution < 1.29 is 22.7 Å². The molecule has 0 aliphatic carbocycles. The van der Waals surface area contributed by atoms with Crippen molar-refractivity contribution in [3.63, 3.8) is 0 Å². The molecule has 0 radical (unpaired) electrons. The Labute approximate surface area is 124 Å². The topological polar surface area (TPSA) is 99.9 Å². The van der Waals surface area contributed by atoms with Crippen LogP contribution in [-0.2, 0) is 16.8 Å². The van der Waals surface area contributed by atoms with Gasteiger partial charge in [-0.25, -0.2) is 4.79 Å². The lowest BCUT2D eigenvalue weighted by Gasteiger charge is -2.29. The number of carboxylic acids is 1. The standard InChI is InChI=1S/C13H20N2O5S/c1-9-3-5-15(6-4-9)21(18,19)14-8-11-7-12(13(16)17)10(2)20-11/h7,9,14H,3-6,8H2,1-2H3,(H,16,17). The van der Waals surface area contributed by atoms with E-state index in [1.54, 1.807) is 0 Å². The van der Waals surface area contributed by atoms with Gasteiger partial charge in [0.25, 0.3) is 10.2 Å². The Morgan fingerprint density at radius 2 is 2.10 bits per heavy atom. The van der Waals surface area contributed by atoms with Gasteiger partial charge in [0, 0.05) is 13.1 Å². The highest BCUT2D eigenvalue weighted by atomic mass is 32.2. The molecule has 0 saturated carbocycles. The predicted octanol–water partition coefficient (Wildman–Crippen LogP) is 1.35. The van der Waals surface area contributed by atoms with Crippen LogP contribution in [0.5, 0.6) is 0 Å². The number of nitrogens with zero attached hydrogens (tertiary/aromatic N) is 1. The molecule has 118 valence electrons. The lowest BCUT2D eigenvalue weighted by molar-refractivity contribution is 0.0695. The number of hydrogen-bond acceptors (Lipinski definition) is 4. The van der Waals surface area contributed by atoms with Gasteiger partial charge in [-0.2, -0.15) is 17.4 Å². The van der Waals surface area contributed by atoms with Crippen molar-refractivity contribution in [2.75, 3.05) is 13.1 Å². The fraction of sp³-hybridized carbons (Fsp3) is 0.615. The van der Waals surface area contributed by atoms with E-state index in [9.17, 15) is 13.2 Å². The zero-order chi connectivity index (χ0) is 15.6. The molecular weight excluding hydrogens is 296 g/mol. The van der Waals surface area contributed by atoms with Crippen LogP contribution in [0.3, 0.4) is 0 Å². The molecule has 0 spiro atoms. The van der Waals surface area contributed by atoms with Crippen LogP contribution in [-0.4, -0.2) is 36.9 Å². The Bertz CT molecular complexity index is 615. The van der Waals surface area contributed by atoms with E-state index >= 15 is 0 Å². The van der Waals surface area contributed by atoms with E-state index < -0.39 is 16.2 Å². The Kier molecular flexibility index (Phi) is 4.70. The molecule has 0 aromatic carbocycles. The summed E-state index contributed by atoms with van der Waals surface area (Å²) < 4.78 is 33.4. The molecule has 0 bridgehead atoms. The Morgan fingerprint density at radius 1 is 1.48 bits per heavy atom. The van der Waals surface area contributed by atoms with E-state index in [0.29, 0.717) is 24.8 Å². The first kappa shape index (κ1) is 16.0. The van der Waals surface area contributed by atoms with Gasteiger partial charge in [0.1, 0.15) is 17.1 Å². The molecule has 0 atom stereocenters. The maximum absolute atomic E-state index is 12.1. The van der Waals surface area contributed by atoms with Gasteiger partial charge in [-0.3, -0.25) is 0 Å². The summed E-state index contributed by atoms with van der Waals surface area (Å²) in [5, 5.41) is 8.93. The first-order chi connectivity index (χ1) is 9.79. The quantitative estimate of drug-likeness (QED) is 0.854. The number of carboxylic acid groups (broad SMARTS) is 1. The van der Waals surface area contributed by atoms with Crippen LogP contribution in [0.4, 0.5) is 0 Å². The molecule has 1 aromatic heterocycles. The molecule has 1 aliphatic rings. The van der Waals surface area contributed by atoms with Crippen molar-refractivity contribution in [3.05, 3.63) is 23.2 Å². The van der Waals surface area contributed by atoms with E-state index in [2.05, 4.69) is 11.6 Å². The van der Waals surface area contributed by atoms with Crippen LogP contribution in [0.15, 0.2) is 10.5 Å². The first-order valence-corrected chi connectivity index (χ1v) is 8.31. The van der Waals surface area contributed by atoms with E-state index in [4.69, 9.17) is 9.52 Å². The summed E-state index contributed by atoms with van der Waals surface area (Å²) in [6, 6.07) is 1.35. The minimum absolute atomic E-state index is 0.0518. The third-order valence-corrected chi connectivity index (χ3v) is 5.26. The van der Waals surface area contributed by atoms with E-state index in [-0.39, 0.29) is 17.9 Å². The van der Waals surface area contributed by atoms with Crippen molar-refractivity contribution in [3.8, 4) is 0 Å². The SMILES string of the molecule is Cc1oc(CNS(=O)(=O)N2CCC(C)CC2)cc1C(=O)O. The second-order valence-electron chi connectivity index (χ2n) is 5.40. The van der Waals surface area contributed by atoms with Crippen LogP contribution in [0.1, 0.15) is 41.6 Å². The number of rotatable bonds is 5. The van der Waals surface area contributed by atoms with Gasteiger partial charge < -0.3 is 9.52 Å². The molecule has 1 saturated heterocycles. The minimum atomic E-state index is -3.55. The van der Waals surface area contributed by atoms with Gasteiger partial charge in [0.05, 0.1) is 6.54 Å². The summed E-state index contributed by atoms with van der Waals surface area (Å²) >= 11 is 0. The number of carbonyl (C=O) groups is 1. The van der Waals surface area contributed by atoms with Crippen LogP contribution in [0.2, 0.25) is 0 Å². The smallest absolute Gasteiger partial charge is 0.339 e. The second-order valence-corrected chi connectivity index (χ2v) is 7.15. The number of furan rings is 1. The maximum atomic E-state index is 12.1. The molecule has 2 N–H and O–H groups in total. The molecule has 1 aliphatic heterocycles. The van der Waals surface area contributed by atoms with Gasteiger partial charge in [-0.15, -0.1) is 0 Å². The lowest BCUT2D eigenvalue weighted by atomic mass is 10.0. The van der Waals surface area contributed by atoms with Crippen molar-refractivity contribution >= 4 is 16.2 Å². The highest BCUT2D eigenvalue weighted by Gasteiger charge is 2.26. The minimum Gasteiger partial charge on any atom is -0.478 e. The Hall–Kier alpha value is -1.38. The van der Waals surface area contributed by atoms with Crippen LogP contribution in [0.25, 0.3) is 0 Å². The van der Waals surface area contributed by atoms with Crippen molar-refractivity contribution in [2.24, 2.45) is 5.92 Å². The number of aryl methyl sites for hydroxylation is 1. The third kappa shape index (κ3) is 3.84. The number of hydrogen-bond donors (Lipinski definition) is 2. The zero-order valence-electron chi connectivity index (χ0n) is 12.1. The molecule has 8 heteroatoms. The van der Waals surface area contributed by atoms with Gasteiger partial charge in [0.2, 0.25) is 0 Å². The molecule has 2 rings (SSSR count). The number of aromatic carboxylic acids is 1. The zero-order valence-corrected chi connectivity index (χ0v) is 12.9. The lowest BCUT2D eigenvalue weighted by Crippen LogP contribution is -2.44. The molecule has 7 nitrogen and oxygen atoms in total. The fourth-order valence-corrected chi connectivity index (χ4v) is 3.52. The summed E-state index contributed by atoms with van der Waals surface area (Å²) in [7, 11) is -3.55. The van der Waals surface area contributed by atoms with Crippen LogP contribution >= 0.6 is 0 Å². The monoisotopic (exact) mass is 316 g/mol. The molecule has 1 fully saturated rings. The molecule has 0 unspecified atom stereocenters. The Morgan fingerprint density at radius 3 is 2.62 bits per heavy atom. The molecule has 0 amide bonds. The summed E-state index contributed by atoms with van der Waals surface area (Å²) in [5.74, 6) is 0.0139. The predicted molar refractivity (Wildman–Crippen MR) is 76.1 cm³/mol. The molecule has 21 heavy (non-hydrogen) atoms. The van der Waals surface area contributed by atoms with Gasteiger partial charge in [-0.05, 0) is 31.7 Å². The summed E-state index contributed by atoms with van der Waals surface area (Å²) in [4.78, 5) is 10.9. The molecule has 2 heterocycles. The van der Waals surface area contributed by atoms with Crippen molar-refractivity contribution in [1.29, 1.82) is 0 Å². The third-order valence-electron chi connectivity index (χ3n) is 3.71. The van der Waals surface area contributed by atoms with Gasteiger partial charge in [0.15, 0.2) is 0 Å². The average Bonchev–Trinajstić information content (AvgIpc) is 2.79. The normalized spacial score (nSPS) is 18.0. The molecular formula is C13H20N2O5S. The highest BCUT2D eigenvalue weighted by Crippen LogP contribution is 2.19. The van der Waals surface area contributed by atoms with Crippen molar-refractivity contribution in [1.82, 2.24) is 9.03 Å². The summed E-state index contributed by atoms with van der Waals surface area (Å²) in [6.07, 6.45) is 1.70. The van der Waals surface area contributed by atoms with E-state index in [0.717, 1.165) is 12.8 Å². The van der Waals surface area contributed by atoms with E-state index in [1.165, 1.54) is 17.3 Å². The van der Waals surface area contributed by atoms with Crippen LogP contribution < -0.4 is 4.72 Å². The van der Waals surface area contributed by atoms with E-state index in [1.807, 2.05) is 0 Å². The van der Waals surface area contributed by atoms with Gasteiger partial charge >= 0.3 is 5.97 Å². The van der Waals surface area contributed by atoms with Gasteiger partial charge in [-0.1, -0.05) is 6.92 Å². The summed E-state index contributed by atoms with van der Waals surface area (Å²) in [6.45, 7) is 4.61. The highest BCUT2D eigenvalue weighted by molar-refractivity contribution is 7.87. The average molecular weight is 316 g/mol. The van der Waals surface area contributed by atoms with Crippen molar-refractivity contribution in [2.45, 2.75) is 33.2 Å².